The number of thioether (sulfide) groups is 1. The molecular weight excluding hydrogens is 673 g/mol. The molecule has 0 bridgehead atoms. The highest BCUT2D eigenvalue weighted by atomic mass is 32.2. The summed E-state index contributed by atoms with van der Waals surface area (Å²) in [6.45, 7) is 1.70. The number of aromatic nitrogens is 1. The van der Waals surface area contributed by atoms with Gasteiger partial charge in [0.2, 0.25) is 0 Å². The number of hydrogen-bond donors (Lipinski definition) is 2. The molecule has 6 heteroatoms. The van der Waals surface area contributed by atoms with E-state index in [1.165, 1.54) is 72.4 Å². The summed E-state index contributed by atoms with van der Waals surface area (Å²) in [5, 5.41) is 1.20. The van der Waals surface area contributed by atoms with Crippen LogP contribution in [0.5, 0.6) is 0 Å². The maximum atomic E-state index is 6.71. The van der Waals surface area contributed by atoms with E-state index in [0.29, 0.717) is 11.3 Å². The van der Waals surface area contributed by atoms with Crippen LogP contribution >= 0.6 is 11.8 Å². The number of hydrogen-bond acceptors (Lipinski definition) is 5. The van der Waals surface area contributed by atoms with Crippen LogP contribution in [-0.4, -0.2) is 10.7 Å². The number of terminal acetylenes is 1. The minimum absolute atomic E-state index is 0. The fraction of sp³-hybridized carbons (Fsp3) is 0.283. The van der Waals surface area contributed by atoms with E-state index in [1.807, 2.05) is 11.8 Å². The number of nitrogens with two attached hydrogens (primary N) is 2. The molecule has 2 fully saturated rings. The highest BCUT2D eigenvalue weighted by Crippen LogP contribution is 2.55. The third-order valence-electron chi connectivity index (χ3n) is 8.29. The summed E-state index contributed by atoms with van der Waals surface area (Å²) in [6.07, 6.45) is 16.0. The summed E-state index contributed by atoms with van der Waals surface area (Å²) in [6, 6.07) is 13.6. The minimum Gasteiger partial charge on any atom is -0.323 e. The van der Waals surface area contributed by atoms with Crippen molar-refractivity contribution in [2.75, 3.05) is 5.75 Å². The van der Waals surface area contributed by atoms with Crippen molar-refractivity contribution in [1.29, 1.82) is 0 Å². The maximum absolute atomic E-state index is 6.71. The number of fused-ring (bicyclic) bond motifs is 1. The molecule has 2 aromatic rings. The van der Waals surface area contributed by atoms with Crippen molar-refractivity contribution in [3.8, 4) is 131 Å². The molecule has 274 valence electrons. The SMILES string of the molecule is C#CC#CC#CC#CC#CC#CC#CC#CC#CC#CC#CC.NN=S.N[C@@H]1c2ccccc2CC12CCC(c1ccc(SCC3CC3)nc1)CC2.[HH].[HH].[HH].[HH].[HH].[HH].[HH].[HH].[HH].[HH].[HH].[HH]. The first-order chi connectivity index (χ1) is 25.6. The van der Waals surface area contributed by atoms with Gasteiger partial charge in [-0.25, -0.2) is 4.98 Å². The summed E-state index contributed by atoms with van der Waals surface area (Å²) >= 11 is 5.72. The zero-order valence-electron chi connectivity index (χ0n) is 28.9. The van der Waals surface area contributed by atoms with Gasteiger partial charge in [0.15, 0.2) is 0 Å². The van der Waals surface area contributed by atoms with E-state index < -0.39 is 0 Å². The van der Waals surface area contributed by atoms with Crippen LogP contribution in [0.15, 0.2) is 52.1 Å². The van der Waals surface area contributed by atoms with Gasteiger partial charge in [-0.2, -0.15) is 0 Å². The van der Waals surface area contributed by atoms with Crippen molar-refractivity contribution in [1.82, 2.24) is 4.98 Å². The molecule has 52 heavy (non-hydrogen) atoms. The Kier molecular flexibility index (Phi) is 18.4. The lowest BCUT2D eigenvalue weighted by Crippen LogP contribution is -2.35. The molecule has 0 radical (unpaired) electrons. The molecule has 1 aromatic carbocycles. The van der Waals surface area contributed by atoms with Gasteiger partial charge in [0.05, 0.1) is 17.5 Å². The monoisotopic (exact) mass is 730 g/mol. The highest BCUT2D eigenvalue weighted by molar-refractivity contribution is 7.99. The molecule has 4 N–H and O–H groups in total. The predicted octanol–water partition coefficient (Wildman–Crippen LogP) is 8.70. The molecule has 0 aliphatic heterocycles. The van der Waals surface area contributed by atoms with Crippen LogP contribution in [0.25, 0.3) is 0 Å². The van der Waals surface area contributed by atoms with Crippen LogP contribution in [0, 0.1) is 142 Å². The van der Waals surface area contributed by atoms with Crippen molar-refractivity contribution in [3.63, 3.8) is 0 Å². The Hall–Kier alpha value is -6.34. The van der Waals surface area contributed by atoms with Crippen LogP contribution < -0.4 is 11.6 Å². The summed E-state index contributed by atoms with van der Waals surface area (Å²) in [5.41, 5.74) is 11.3. The Balaban J connectivity index is -0.0000000917. The second-order valence-electron chi connectivity index (χ2n) is 11.5. The first-order valence-electron chi connectivity index (χ1n) is 16.4. The summed E-state index contributed by atoms with van der Waals surface area (Å²) < 4.78 is 2.58. The second-order valence-corrected chi connectivity index (χ2v) is 12.8. The van der Waals surface area contributed by atoms with E-state index in [-0.39, 0.29) is 23.2 Å². The quantitative estimate of drug-likeness (QED) is 0.143. The minimum atomic E-state index is 0. The number of nitrogens with zero attached hydrogens (tertiary/aromatic N) is 2. The molecule has 0 amide bonds. The van der Waals surface area contributed by atoms with E-state index in [9.17, 15) is 0 Å². The molecule has 2 saturated carbocycles. The zero-order valence-corrected chi connectivity index (χ0v) is 30.5. The van der Waals surface area contributed by atoms with Crippen molar-refractivity contribution < 1.29 is 17.1 Å². The largest absolute Gasteiger partial charge is 0.323 e. The van der Waals surface area contributed by atoms with Gasteiger partial charge >= 0.3 is 0 Å². The van der Waals surface area contributed by atoms with Crippen LogP contribution in [0.2, 0.25) is 0 Å². The average Bonchev–Trinajstić information content (AvgIpc) is 3.97. The fourth-order valence-electron chi connectivity index (χ4n) is 5.67. The molecule has 1 aromatic heterocycles. The molecule has 3 aliphatic rings. The van der Waals surface area contributed by atoms with Gasteiger partial charge < -0.3 is 11.6 Å². The Morgan fingerprint density at radius 1 is 0.788 bits per heavy atom. The van der Waals surface area contributed by atoms with Crippen molar-refractivity contribution >= 4 is 24.2 Å². The second kappa shape index (κ2) is 23.9. The molecule has 0 saturated heterocycles. The molecule has 5 rings (SSSR count). The summed E-state index contributed by atoms with van der Waals surface area (Å²) in [4.78, 5) is 4.73. The van der Waals surface area contributed by atoms with E-state index in [2.05, 4.69) is 190 Å². The third-order valence-corrected chi connectivity index (χ3v) is 9.47. The lowest BCUT2D eigenvalue weighted by molar-refractivity contribution is 0.149. The fourth-order valence-corrected chi connectivity index (χ4v) is 6.70. The van der Waals surface area contributed by atoms with Gasteiger partial charge in [-0.05, 0) is 187 Å². The van der Waals surface area contributed by atoms with Crippen LogP contribution in [0.3, 0.4) is 0 Å². The third kappa shape index (κ3) is 14.6. The van der Waals surface area contributed by atoms with Gasteiger partial charge in [0.1, 0.15) is 0 Å². The standard InChI is InChI=1S/C23H28N2S.C23H4.H2N2S.12H2/c24-22-20-4-2-1-3-18(20)13-23(22)11-9-17(10-12-23)19-7-8-21(25-14-19)26-15-16-5-6-16;1-3-5-7-9-11-13-15-17-19-21-23-22-20-18-16-14-12-10-8-6-4-2;1-2-3;;;;;;;;;;;;/h1-4,7-8,14,16-17,22H,5-6,9-13,15,24H2;1H,2H3;(H2,1,3);12*1H/t17?,22-,23?;;;;;;;;;;;;;;/m1............../s1. The topological polar surface area (TPSA) is 77.3 Å². The van der Waals surface area contributed by atoms with E-state index in [4.69, 9.17) is 17.1 Å². The van der Waals surface area contributed by atoms with Crippen molar-refractivity contribution in [3.05, 3.63) is 59.3 Å². The van der Waals surface area contributed by atoms with Gasteiger partial charge in [-0.3, -0.25) is 0 Å². The van der Waals surface area contributed by atoms with Gasteiger partial charge in [0.25, 0.3) is 0 Å². The Bertz CT molecular complexity index is 2320. The van der Waals surface area contributed by atoms with E-state index >= 15 is 0 Å². The predicted molar refractivity (Wildman–Crippen MR) is 240 cm³/mol. The molecule has 4 nitrogen and oxygen atoms in total. The maximum Gasteiger partial charge on any atom is 0.0960 e. The highest BCUT2D eigenvalue weighted by Gasteiger charge is 2.46. The van der Waals surface area contributed by atoms with Gasteiger partial charge in [-0.15, -0.1) is 22.7 Å². The molecule has 3 aliphatic carbocycles. The first kappa shape index (κ1) is 40.1. The first-order valence-corrected chi connectivity index (χ1v) is 17.7. The zero-order chi connectivity index (χ0) is 37.1. The molecule has 0 unspecified atom stereocenters. The van der Waals surface area contributed by atoms with Crippen molar-refractivity contribution in [2.45, 2.75) is 68.9 Å². The lowest BCUT2D eigenvalue weighted by Gasteiger charge is -2.40. The number of pyridine rings is 1. The molecular formula is C46H58N4S2. The normalized spacial score (nSPS) is 17.2. The molecule has 1 spiro atoms. The Morgan fingerprint density at radius 2 is 1.29 bits per heavy atom. The lowest BCUT2D eigenvalue weighted by atomic mass is 9.66. The Morgan fingerprint density at radius 3 is 1.73 bits per heavy atom. The van der Waals surface area contributed by atoms with Crippen LogP contribution in [-0.2, 0) is 18.8 Å². The van der Waals surface area contributed by atoms with Crippen LogP contribution in [0.1, 0.15) is 91.2 Å². The molecule has 1 atom stereocenters. The smallest absolute Gasteiger partial charge is 0.0960 e. The number of benzene rings is 1. The summed E-state index contributed by atoms with van der Waals surface area (Å²) in [5.74, 6) is 59.0. The van der Waals surface area contributed by atoms with E-state index in [1.54, 1.807) is 6.92 Å². The summed E-state index contributed by atoms with van der Waals surface area (Å²) in [7, 11) is 0. The van der Waals surface area contributed by atoms with Gasteiger partial charge in [-0.1, -0.05) is 36.3 Å². The van der Waals surface area contributed by atoms with Crippen LogP contribution in [0.4, 0.5) is 0 Å². The Labute approximate surface area is 337 Å². The van der Waals surface area contributed by atoms with Gasteiger partial charge in [0, 0.05) is 58.8 Å². The van der Waals surface area contributed by atoms with E-state index in [0.717, 1.165) is 5.92 Å². The number of rotatable bonds is 4. The average molecular weight is 731 g/mol. The van der Waals surface area contributed by atoms with Crippen molar-refractivity contribution in [2.24, 2.45) is 27.4 Å². The molecule has 1 heterocycles.